The fraction of sp³-hybridized carbons (Fsp3) is 0. The molecule has 0 aliphatic heterocycles. The maximum atomic E-state index is 10.4. The van der Waals surface area contributed by atoms with Crippen LogP contribution in [0.2, 0.25) is 10.0 Å². The molecule has 0 heterocycles. The van der Waals surface area contributed by atoms with Crippen LogP contribution in [0.15, 0.2) is 17.1 Å². The van der Waals surface area contributed by atoms with Crippen molar-refractivity contribution in [1.29, 1.82) is 0 Å². The number of carbonyl (C=O) groups excluding carboxylic acids is 1. The lowest BCUT2D eigenvalue weighted by molar-refractivity contribution is -0.384. The highest BCUT2D eigenvalue weighted by molar-refractivity contribution is 6.36. The zero-order valence-corrected chi connectivity index (χ0v) is 8.04. The predicted molar refractivity (Wildman–Crippen MR) is 50.9 cm³/mol. The average Bonchev–Trinajstić information content (AvgIpc) is 2.10. The van der Waals surface area contributed by atoms with E-state index in [0.29, 0.717) is 0 Å². The fourth-order valence-electron chi connectivity index (χ4n) is 0.801. The number of benzene rings is 1. The third-order valence-electron chi connectivity index (χ3n) is 1.38. The largest absolute Gasteiger partial charge is 0.289 e. The fourth-order valence-corrected chi connectivity index (χ4v) is 1.23. The molecule has 7 heteroatoms. The molecule has 1 aromatic carbocycles. The molecule has 0 N–H and O–H groups in total. The number of hydrogen-bond acceptors (Lipinski definition) is 4. The zero-order valence-electron chi connectivity index (χ0n) is 6.53. The van der Waals surface area contributed by atoms with Gasteiger partial charge >= 0.3 is 0 Å². The van der Waals surface area contributed by atoms with Crippen molar-refractivity contribution in [3.8, 4) is 0 Å². The highest BCUT2D eigenvalue weighted by atomic mass is 35.5. The summed E-state index contributed by atoms with van der Waals surface area (Å²) in [6.07, 6.45) is 1.26. The second kappa shape index (κ2) is 4.19. The third kappa shape index (κ3) is 2.09. The van der Waals surface area contributed by atoms with Gasteiger partial charge in [0, 0.05) is 6.07 Å². The molecule has 1 rings (SSSR count). The van der Waals surface area contributed by atoms with Crippen molar-refractivity contribution in [2.24, 2.45) is 4.99 Å². The first-order chi connectivity index (χ1) is 6.56. The number of nitrogens with zero attached hydrogens (tertiary/aromatic N) is 2. The van der Waals surface area contributed by atoms with E-state index in [0.717, 1.165) is 12.1 Å². The molecule has 0 aliphatic rings. The number of nitro groups is 1. The van der Waals surface area contributed by atoms with Crippen LogP contribution >= 0.6 is 23.2 Å². The van der Waals surface area contributed by atoms with Gasteiger partial charge in [-0.2, -0.15) is 4.99 Å². The summed E-state index contributed by atoms with van der Waals surface area (Å²) < 4.78 is 0. The lowest BCUT2D eigenvalue weighted by Crippen LogP contribution is -1.88. The van der Waals surface area contributed by atoms with Crippen LogP contribution in [0.25, 0.3) is 0 Å². The minimum atomic E-state index is -0.678. The molecule has 0 atom stereocenters. The van der Waals surface area contributed by atoms with E-state index in [1.807, 2.05) is 0 Å². The molecule has 14 heavy (non-hydrogen) atoms. The Hall–Kier alpha value is -1.42. The first kappa shape index (κ1) is 10.7. The Morgan fingerprint density at radius 3 is 2.50 bits per heavy atom. The topological polar surface area (TPSA) is 72.6 Å². The summed E-state index contributed by atoms with van der Waals surface area (Å²) in [5.41, 5.74) is -0.279. The third-order valence-corrected chi connectivity index (χ3v) is 1.98. The van der Waals surface area contributed by atoms with Gasteiger partial charge in [-0.25, -0.2) is 4.79 Å². The van der Waals surface area contributed by atoms with E-state index >= 15 is 0 Å². The number of halogens is 2. The summed E-state index contributed by atoms with van der Waals surface area (Å²) in [7, 11) is 0. The Labute approximate surface area is 88.1 Å². The maximum Gasteiger partial charge on any atom is 0.289 e. The molecule has 0 fully saturated rings. The minimum absolute atomic E-state index is 0.0237. The highest BCUT2D eigenvalue weighted by Crippen LogP contribution is 2.35. The van der Waals surface area contributed by atoms with Crippen LogP contribution in [-0.2, 0) is 4.79 Å². The summed E-state index contributed by atoms with van der Waals surface area (Å²) >= 11 is 11.1. The molecule has 0 bridgehead atoms. The SMILES string of the molecule is O=C=Nc1cc(Cl)c([N+](=O)[O-])cc1Cl. The lowest BCUT2D eigenvalue weighted by atomic mass is 10.3. The normalized spacial score (nSPS) is 9.29. The quantitative estimate of drug-likeness (QED) is 0.341. The van der Waals surface area contributed by atoms with E-state index in [-0.39, 0.29) is 21.4 Å². The molecule has 0 aromatic heterocycles. The van der Waals surface area contributed by atoms with Gasteiger partial charge < -0.3 is 0 Å². The van der Waals surface area contributed by atoms with E-state index in [4.69, 9.17) is 23.2 Å². The van der Waals surface area contributed by atoms with E-state index in [1.165, 1.54) is 6.08 Å². The van der Waals surface area contributed by atoms with E-state index in [2.05, 4.69) is 4.99 Å². The van der Waals surface area contributed by atoms with E-state index in [9.17, 15) is 14.9 Å². The number of nitro benzene ring substituents is 1. The average molecular weight is 233 g/mol. The molecular formula is C7H2Cl2N2O3. The van der Waals surface area contributed by atoms with Crippen molar-refractivity contribution in [2.75, 3.05) is 0 Å². The van der Waals surface area contributed by atoms with Crippen molar-refractivity contribution in [3.63, 3.8) is 0 Å². The summed E-state index contributed by atoms with van der Waals surface area (Å²) in [5.74, 6) is 0. The molecule has 72 valence electrons. The van der Waals surface area contributed by atoms with Crippen molar-refractivity contribution in [3.05, 3.63) is 32.3 Å². The standard InChI is InChI=1S/C7H2Cl2N2O3/c8-4-2-7(11(13)14)5(9)1-6(4)10-3-12/h1-2H. The van der Waals surface area contributed by atoms with Crippen LogP contribution in [0, 0.1) is 10.1 Å². The van der Waals surface area contributed by atoms with E-state index < -0.39 is 4.92 Å². The molecule has 0 amide bonds. The van der Waals surface area contributed by atoms with Crippen molar-refractivity contribution in [2.45, 2.75) is 0 Å². The molecule has 0 aliphatic carbocycles. The van der Waals surface area contributed by atoms with Crippen molar-refractivity contribution in [1.82, 2.24) is 0 Å². The predicted octanol–water partition coefficient (Wildman–Crippen LogP) is 2.87. The van der Waals surface area contributed by atoms with Crippen LogP contribution in [0.1, 0.15) is 0 Å². The van der Waals surface area contributed by atoms with Crippen LogP contribution < -0.4 is 0 Å². The monoisotopic (exact) mass is 232 g/mol. The Balaban J connectivity index is 3.37. The van der Waals surface area contributed by atoms with Gasteiger partial charge in [0.05, 0.1) is 15.6 Å². The van der Waals surface area contributed by atoms with Crippen LogP contribution in [0.3, 0.4) is 0 Å². The number of hydrogen-bond donors (Lipinski definition) is 0. The number of isocyanates is 1. The van der Waals surface area contributed by atoms with Crippen molar-refractivity contribution < 1.29 is 9.72 Å². The van der Waals surface area contributed by atoms with Crippen molar-refractivity contribution >= 4 is 40.7 Å². The lowest BCUT2D eigenvalue weighted by Gasteiger charge is -1.98. The molecule has 0 spiro atoms. The minimum Gasteiger partial charge on any atom is -0.258 e. The first-order valence-electron chi connectivity index (χ1n) is 3.27. The summed E-state index contributed by atoms with van der Waals surface area (Å²) in [5, 5.41) is 10.2. The Kier molecular flexibility index (Phi) is 3.19. The number of aliphatic imine (C=N–C) groups is 1. The van der Waals surface area contributed by atoms with E-state index in [1.54, 1.807) is 0 Å². The maximum absolute atomic E-state index is 10.4. The molecule has 0 radical (unpaired) electrons. The first-order valence-corrected chi connectivity index (χ1v) is 4.03. The van der Waals surface area contributed by atoms with Gasteiger partial charge in [-0.1, -0.05) is 23.2 Å². The van der Waals surface area contributed by atoms with Crippen LogP contribution in [-0.4, -0.2) is 11.0 Å². The summed E-state index contributed by atoms with van der Waals surface area (Å²) in [4.78, 5) is 22.9. The molecule has 0 saturated heterocycles. The molecule has 0 saturated carbocycles. The molecule has 0 unspecified atom stereocenters. The number of rotatable bonds is 2. The van der Waals surface area contributed by atoms with Crippen LogP contribution in [0.5, 0.6) is 0 Å². The Morgan fingerprint density at radius 2 is 2.00 bits per heavy atom. The molecule has 1 aromatic rings. The Morgan fingerprint density at radius 1 is 1.36 bits per heavy atom. The highest BCUT2D eigenvalue weighted by Gasteiger charge is 2.15. The van der Waals surface area contributed by atoms with Gasteiger partial charge in [0.25, 0.3) is 5.69 Å². The Bertz CT molecular complexity index is 413. The van der Waals surface area contributed by atoms with Gasteiger partial charge in [0.15, 0.2) is 0 Å². The summed E-state index contributed by atoms with van der Waals surface area (Å²) in [6, 6.07) is 2.16. The second-order valence-electron chi connectivity index (χ2n) is 2.22. The van der Waals surface area contributed by atoms with Gasteiger partial charge in [0.1, 0.15) is 5.02 Å². The second-order valence-corrected chi connectivity index (χ2v) is 3.03. The smallest absolute Gasteiger partial charge is 0.258 e. The van der Waals surface area contributed by atoms with Gasteiger partial charge in [0.2, 0.25) is 6.08 Å². The van der Waals surface area contributed by atoms with Gasteiger partial charge in [-0.15, -0.1) is 0 Å². The van der Waals surface area contributed by atoms with Crippen LogP contribution in [0.4, 0.5) is 11.4 Å². The summed E-state index contributed by atoms with van der Waals surface area (Å²) in [6.45, 7) is 0. The molecular weight excluding hydrogens is 231 g/mol. The molecule has 5 nitrogen and oxygen atoms in total. The van der Waals surface area contributed by atoms with Gasteiger partial charge in [-0.3, -0.25) is 10.1 Å². The zero-order chi connectivity index (χ0) is 10.7. The van der Waals surface area contributed by atoms with Gasteiger partial charge in [-0.05, 0) is 6.07 Å².